The molecule has 2 aliphatic heterocycles. The van der Waals surface area contributed by atoms with Crippen molar-refractivity contribution >= 4 is 22.8 Å². The number of hydrogen-bond donors (Lipinski definition) is 1. The highest BCUT2D eigenvalue weighted by Gasteiger charge is 2.42. The third-order valence-electron chi connectivity index (χ3n) is 6.31. The van der Waals surface area contributed by atoms with Gasteiger partial charge in [-0.15, -0.1) is 0 Å². The molecule has 158 valence electrons. The number of aromatic nitrogens is 4. The molecule has 30 heavy (non-hydrogen) atoms. The van der Waals surface area contributed by atoms with E-state index in [-0.39, 0.29) is 5.60 Å². The third-order valence-corrected chi connectivity index (χ3v) is 6.31. The van der Waals surface area contributed by atoms with Gasteiger partial charge < -0.3 is 24.8 Å². The van der Waals surface area contributed by atoms with E-state index in [0.29, 0.717) is 18.4 Å². The fourth-order valence-electron chi connectivity index (χ4n) is 4.64. The summed E-state index contributed by atoms with van der Waals surface area (Å²) in [5.74, 6) is 2.60. The van der Waals surface area contributed by atoms with E-state index in [4.69, 9.17) is 24.9 Å². The second-order valence-corrected chi connectivity index (χ2v) is 7.86. The molecule has 2 N–H and O–H groups in total. The maximum absolute atomic E-state index is 6.39. The van der Waals surface area contributed by atoms with Crippen LogP contribution in [0.25, 0.3) is 11.0 Å². The first-order valence-electron chi connectivity index (χ1n) is 10.1. The lowest BCUT2D eigenvalue weighted by atomic mass is 9.79. The van der Waals surface area contributed by atoms with Crippen LogP contribution >= 0.6 is 0 Å². The molecule has 1 aromatic carbocycles. The molecule has 2 aliphatic rings. The Balaban J connectivity index is 1.45. The van der Waals surface area contributed by atoms with Crippen molar-refractivity contribution in [3.63, 3.8) is 0 Å². The molecular weight excluding hydrogens is 384 g/mol. The van der Waals surface area contributed by atoms with E-state index in [9.17, 15) is 0 Å². The molecule has 0 amide bonds. The van der Waals surface area contributed by atoms with Gasteiger partial charge in [-0.3, -0.25) is 4.68 Å². The van der Waals surface area contributed by atoms with Crippen LogP contribution in [-0.4, -0.2) is 53.7 Å². The van der Waals surface area contributed by atoms with Gasteiger partial charge in [0.05, 0.1) is 38.0 Å². The van der Waals surface area contributed by atoms with Crippen molar-refractivity contribution < 1.29 is 14.2 Å². The van der Waals surface area contributed by atoms with E-state index in [2.05, 4.69) is 27.1 Å². The van der Waals surface area contributed by atoms with E-state index in [1.54, 1.807) is 25.1 Å². The summed E-state index contributed by atoms with van der Waals surface area (Å²) in [6.45, 7) is 2.25. The predicted molar refractivity (Wildman–Crippen MR) is 113 cm³/mol. The lowest BCUT2D eigenvalue weighted by Crippen LogP contribution is -2.47. The van der Waals surface area contributed by atoms with Crippen LogP contribution in [0.1, 0.15) is 24.0 Å². The molecule has 0 atom stereocenters. The number of nitrogen functional groups attached to an aromatic ring is 1. The van der Waals surface area contributed by atoms with Gasteiger partial charge in [-0.2, -0.15) is 15.1 Å². The minimum absolute atomic E-state index is 0.328. The number of hydrogen-bond acceptors (Lipinski definition) is 8. The first kappa shape index (κ1) is 18.9. The first-order valence-corrected chi connectivity index (χ1v) is 10.1. The summed E-state index contributed by atoms with van der Waals surface area (Å²) >= 11 is 0. The van der Waals surface area contributed by atoms with Crippen LogP contribution in [0.2, 0.25) is 0 Å². The third kappa shape index (κ3) is 2.84. The number of rotatable bonds is 3. The molecule has 1 saturated heterocycles. The fourth-order valence-corrected chi connectivity index (χ4v) is 4.64. The Morgan fingerprint density at radius 2 is 1.83 bits per heavy atom. The molecular formula is C21H26N6O3. The second kappa shape index (κ2) is 7.02. The zero-order valence-corrected chi connectivity index (χ0v) is 17.5. The Morgan fingerprint density at radius 3 is 2.57 bits per heavy atom. The predicted octanol–water partition coefficient (Wildman–Crippen LogP) is 2.03. The first-order chi connectivity index (χ1) is 14.5. The van der Waals surface area contributed by atoms with Crippen molar-refractivity contribution in [1.29, 1.82) is 0 Å². The molecule has 0 radical (unpaired) electrons. The van der Waals surface area contributed by atoms with E-state index < -0.39 is 0 Å². The van der Waals surface area contributed by atoms with Crippen molar-refractivity contribution in [2.75, 3.05) is 44.5 Å². The summed E-state index contributed by atoms with van der Waals surface area (Å²) in [5.41, 5.74) is 9.04. The van der Waals surface area contributed by atoms with Crippen LogP contribution in [0.5, 0.6) is 11.5 Å². The molecule has 9 nitrogen and oxygen atoms in total. The van der Waals surface area contributed by atoms with Crippen molar-refractivity contribution in [2.45, 2.75) is 24.9 Å². The van der Waals surface area contributed by atoms with Gasteiger partial charge in [0.1, 0.15) is 5.82 Å². The number of nitrogens with zero attached hydrogens (tertiary/aromatic N) is 5. The molecule has 0 bridgehead atoms. The Kier molecular flexibility index (Phi) is 4.43. The van der Waals surface area contributed by atoms with Gasteiger partial charge in [0.2, 0.25) is 5.95 Å². The summed E-state index contributed by atoms with van der Waals surface area (Å²) in [7, 11) is 5.19. The molecule has 1 spiro atoms. The van der Waals surface area contributed by atoms with E-state index in [0.717, 1.165) is 54.9 Å². The van der Waals surface area contributed by atoms with Crippen LogP contribution in [0.15, 0.2) is 18.3 Å². The molecule has 0 saturated carbocycles. The number of benzene rings is 1. The number of ether oxygens (including phenoxy) is 3. The quantitative estimate of drug-likeness (QED) is 0.700. The Morgan fingerprint density at radius 1 is 1.10 bits per heavy atom. The van der Waals surface area contributed by atoms with Crippen LogP contribution in [0.4, 0.5) is 11.8 Å². The molecule has 3 aromatic rings. The number of aryl methyl sites for hydroxylation is 1. The van der Waals surface area contributed by atoms with Gasteiger partial charge in [-0.1, -0.05) is 0 Å². The van der Waals surface area contributed by atoms with Gasteiger partial charge >= 0.3 is 0 Å². The van der Waals surface area contributed by atoms with E-state index in [1.807, 2.05) is 7.05 Å². The zero-order chi connectivity index (χ0) is 20.9. The number of methoxy groups -OCH3 is 2. The van der Waals surface area contributed by atoms with Crippen molar-refractivity contribution in [3.05, 3.63) is 29.5 Å². The topological polar surface area (TPSA) is 101 Å². The molecule has 0 aliphatic carbocycles. The summed E-state index contributed by atoms with van der Waals surface area (Å²) in [5, 5.41) is 5.02. The minimum atomic E-state index is -0.328. The lowest BCUT2D eigenvalue weighted by molar-refractivity contribution is -0.0769. The Bertz CT molecular complexity index is 1100. The van der Waals surface area contributed by atoms with Crippen LogP contribution in [-0.2, 0) is 23.8 Å². The van der Waals surface area contributed by atoms with Crippen LogP contribution < -0.4 is 20.1 Å². The van der Waals surface area contributed by atoms with Gasteiger partial charge in [0, 0.05) is 20.1 Å². The fraction of sp³-hybridized carbons (Fsp3) is 0.476. The van der Waals surface area contributed by atoms with E-state index >= 15 is 0 Å². The van der Waals surface area contributed by atoms with Crippen LogP contribution in [0, 0.1) is 0 Å². The average Bonchev–Trinajstić information content (AvgIpc) is 3.15. The summed E-state index contributed by atoms with van der Waals surface area (Å²) in [4.78, 5) is 11.4. The highest BCUT2D eigenvalue weighted by atomic mass is 16.5. The normalized spacial score (nSPS) is 17.9. The summed E-state index contributed by atoms with van der Waals surface area (Å²) in [6, 6.07) is 4.17. The zero-order valence-electron chi connectivity index (χ0n) is 17.5. The smallest absolute Gasteiger partial charge is 0.229 e. The van der Waals surface area contributed by atoms with Crippen LogP contribution in [0.3, 0.4) is 0 Å². The SMILES string of the molecule is COc1cc2c(cc1OC)C1(CCN(c3nc(N)c4cnn(C)c4n3)CC1)OCC2. The lowest BCUT2D eigenvalue weighted by Gasteiger charge is -2.45. The molecule has 1 fully saturated rings. The molecule has 9 heteroatoms. The molecule has 4 heterocycles. The van der Waals surface area contributed by atoms with Crippen molar-refractivity contribution in [1.82, 2.24) is 19.7 Å². The van der Waals surface area contributed by atoms with E-state index in [1.165, 1.54) is 11.1 Å². The van der Waals surface area contributed by atoms with Crippen molar-refractivity contribution in [2.24, 2.45) is 7.05 Å². The van der Waals surface area contributed by atoms with Crippen molar-refractivity contribution in [3.8, 4) is 11.5 Å². The van der Waals surface area contributed by atoms with Gasteiger partial charge in [-0.05, 0) is 42.5 Å². The standard InChI is InChI=1S/C21H26N6O3/c1-26-19-14(12-23-26)18(22)24-20(25-19)27-7-5-21(6-8-27)15-11-17(29-3)16(28-2)10-13(15)4-9-30-21/h10-12H,4-9H2,1-3H3,(H2,22,24,25). The summed E-state index contributed by atoms with van der Waals surface area (Å²) in [6.07, 6.45) is 4.25. The molecule has 0 unspecified atom stereocenters. The maximum Gasteiger partial charge on any atom is 0.229 e. The maximum atomic E-state index is 6.39. The molecule has 5 rings (SSSR count). The largest absolute Gasteiger partial charge is 0.493 e. The van der Waals surface area contributed by atoms with Gasteiger partial charge in [-0.25, -0.2) is 0 Å². The highest BCUT2D eigenvalue weighted by molar-refractivity contribution is 5.86. The highest BCUT2D eigenvalue weighted by Crippen LogP contribution is 2.45. The monoisotopic (exact) mass is 410 g/mol. The Labute approximate surface area is 174 Å². The minimum Gasteiger partial charge on any atom is -0.493 e. The number of nitrogens with two attached hydrogens (primary N) is 1. The van der Waals surface area contributed by atoms with Gasteiger partial charge in [0.25, 0.3) is 0 Å². The number of fused-ring (bicyclic) bond motifs is 3. The van der Waals surface area contributed by atoms with Gasteiger partial charge in [0.15, 0.2) is 17.1 Å². The second-order valence-electron chi connectivity index (χ2n) is 7.86. The summed E-state index contributed by atoms with van der Waals surface area (Å²) < 4.78 is 19.2. The number of piperidine rings is 1. The Hall–Kier alpha value is -3.07. The average molecular weight is 410 g/mol. The number of anilines is 2. The molecule has 2 aromatic heterocycles.